The molecule has 0 unspecified atom stereocenters. The highest BCUT2D eigenvalue weighted by Crippen LogP contribution is 2.23. The molecule has 4 aromatic rings. The van der Waals surface area contributed by atoms with E-state index in [9.17, 15) is 14.4 Å². The summed E-state index contributed by atoms with van der Waals surface area (Å²) < 4.78 is 5.52. The molecule has 1 aromatic heterocycles. The highest BCUT2D eigenvalue weighted by molar-refractivity contribution is 6.14. The predicted octanol–water partition coefficient (Wildman–Crippen LogP) is 4.20. The Bertz CT molecular complexity index is 1320. The van der Waals surface area contributed by atoms with Crippen LogP contribution in [0.3, 0.4) is 0 Å². The van der Waals surface area contributed by atoms with Crippen molar-refractivity contribution in [1.29, 1.82) is 0 Å². The number of benzene rings is 3. The molecule has 0 bridgehead atoms. The fourth-order valence-electron chi connectivity index (χ4n) is 3.10. The SMILES string of the molecule is CC(=O)Nc1ccccc1C(=O)Nc1ccccc1C(=O)Nc1nnc(-c2ccccc2)o1. The van der Waals surface area contributed by atoms with E-state index in [0.29, 0.717) is 5.69 Å². The Morgan fingerprint density at radius 2 is 1.21 bits per heavy atom. The van der Waals surface area contributed by atoms with Gasteiger partial charge in [-0.2, -0.15) is 0 Å². The average Bonchev–Trinajstić information content (AvgIpc) is 3.28. The monoisotopic (exact) mass is 441 g/mol. The van der Waals surface area contributed by atoms with Crippen LogP contribution < -0.4 is 16.0 Å². The molecule has 0 fully saturated rings. The van der Waals surface area contributed by atoms with Gasteiger partial charge >= 0.3 is 6.01 Å². The zero-order chi connectivity index (χ0) is 23.2. The third-order valence-electron chi connectivity index (χ3n) is 4.57. The van der Waals surface area contributed by atoms with E-state index in [4.69, 9.17) is 4.42 Å². The Morgan fingerprint density at radius 3 is 1.85 bits per heavy atom. The maximum Gasteiger partial charge on any atom is 0.322 e. The van der Waals surface area contributed by atoms with Crippen molar-refractivity contribution in [2.45, 2.75) is 6.92 Å². The van der Waals surface area contributed by atoms with Gasteiger partial charge in [-0.1, -0.05) is 47.6 Å². The Hall–Kier alpha value is -4.79. The zero-order valence-corrected chi connectivity index (χ0v) is 17.5. The van der Waals surface area contributed by atoms with Gasteiger partial charge in [0.15, 0.2) is 0 Å². The van der Waals surface area contributed by atoms with Crippen LogP contribution in [0.15, 0.2) is 83.3 Å². The van der Waals surface area contributed by atoms with Crippen LogP contribution >= 0.6 is 0 Å². The summed E-state index contributed by atoms with van der Waals surface area (Å²) in [6, 6.07) is 22.2. The first kappa shape index (κ1) is 21.4. The van der Waals surface area contributed by atoms with E-state index in [0.717, 1.165) is 5.56 Å². The zero-order valence-electron chi connectivity index (χ0n) is 17.5. The molecule has 0 atom stereocenters. The second-order valence-electron chi connectivity index (χ2n) is 6.96. The molecule has 4 rings (SSSR count). The van der Waals surface area contributed by atoms with Crippen LogP contribution in [0.25, 0.3) is 11.5 Å². The van der Waals surface area contributed by atoms with Gasteiger partial charge in [0.25, 0.3) is 11.8 Å². The largest absolute Gasteiger partial charge is 0.403 e. The lowest BCUT2D eigenvalue weighted by Gasteiger charge is -2.13. The molecule has 9 nitrogen and oxygen atoms in total. The van der Waals surface area contributed by atoms with Gasteiger partial charge in [0, 0.05) is 12.5 Å². The fourth-order valence-corrected chi connectivity index (χ4v) is 3.10. The predicted molar refractivity (Wildman–Crippen MR) is 123 cm³/mol. The summed E-state index contributed by atoms with van der Waals surface area (Å²) in [5.41, 5.74) is 1.81. The van der Waals surface area contributed by atoms with Gasteiger partial charge in [-0.15, -0.1) is 5.10 Å². The molecular formula is C24H19N5O4. The number of nitrogens with one attached hydrogen (secondary N) is 3. The molecule has 1 heterocycles. The van der Waals surface area contributed by atoms with E-state index in [1.165, 1.54) is 6.92 Å². The fraction of sp³-hybridized carbons (Fsp3) is 0.0417. The molecule has 164 valence electrons. The molecule has 3 aromatic carbocycles. The van der Waals surface area contributed by atoms with Gasteiger partial charge in [-0.05, 0) is 36.4 Å². The lowest BCUT2D eigenvalue weighted by atomic mass is 10.1. The second-order valence-corrected chi connectivity index (χ2v) is 6.96. The number of anilines is 3. The van der Waals surface area contributed by atoms with E-state index in [-0.39, 0.29) is 34.6 Å². The van der Waals surface area contributed by atoms with Crippen molar-refractivity contribution in [3.05, 3.63) is 90.0 Å². The molecule has 0 spiro atoms. The Morgan fingerprint density at radius 1 is 0.667 bits per heavy atom. The van der Waals surface area contributed by atoms with Crippen molar-refractivity contribution in [1.82, 2.24) is 10.2 Å². The molecule has 0 saturated heterocycles. The first-order valence-electron chi connectivity index (χ1n) is 9.98. The van der Waals surface area contributed by atoms with Crippen LogP contribution in [-0.2, 0) is 4.79 Å². The number of aromatic nitrogens is 2. The highest BCUT2D eigenvalue weighted by Gasteiger charge is 2.18. The smallest absolute Gasteiger partial charge is 0.322 e. The number of hydrogen-bond acceptors (Lipinski definition) is 6. The van der Waals surface area contributed by atoms with Crippen molar-refractivity contribution in [2.75, 3.05) is 16.0 Å². The second kappa shape index (κ2) is 9.56. The summed E-state index contributed by atoms with van der Waals surface area (Å²) in [6.07, 6.45) is 0. The summed E-state index contributed by atoms with van der Waals surface area (Å²) in [6.45, 7) is 1.36. The summed E-state index contributed by atoms with van der Waals surface area (Å²) in [5.74, 6) is -1.06. The summed E-state index contributed by atoms with van der Waals surface area (Å²) in [7, 11) is 0. The number of carbonyl (C=O) groups excluding carboxylic acids is 3. The van der Waals surface area contributed by atoms with E-state index in [1.54, 1.807) is 48.5 Å². The van der Waals surface area contributed by atoms with Crippen LogP contribution in [0.5, 0.6) is 0 Å². The molecule has 0 saturated carbocycles. The van der Waals surface area contributed by atoms with Crippen molar-refractivity contribution in [2.24, 2.45) is 0 Å². The normalized spacial score (nSPS) is 10.3. The van der Waals surface area contributed by atoms with Crippen molar-refractivity contribution >= 4 is 35.1 Å². The first-order chi connectivity index (χ1) is 16.0. The van der Waals surface area contributed by atoms with Crippen molar-refractivity contribution in [3.8, 4) is 11.5 Å². The molecule has 3 N–H and O–H groups in total. The molecule has 0 aliphatic heterocycles. The lowest BCUT2D eigenvalue weighted by molar-refractivity contribution is -0.114. The lowest BCUT2D eigenvalue weighted by Crippen LogP contribution is -2.20. The Labute approximate surface area is 188 Å². The highest BCUT2D eigenvalue weighted by atomic mass is 16.4. The van der Waals surface area contributed by atoms with Crippen LogP contribution in [0, 0.1) is 0 Å². The van der Waals surface area contributed by atoms with Gasteiger partial charge in [-0.25, -0.2) is 0 Å². The third kappa shape index (κ3) is 5.10. The number of amides is 3. The average molecular weight is 441 g/mol. The topological polar surface area (TPSA) is 126 Å². The molecular weight excluding hydrogens is 422 g/mol. The minimum Gasteiger partial charge on any atom is -0.403 e. The molecule has 0 aliphatic rings. The van der Waals surface area contributed by atoms with E-state index in [1.807, 2.05) is 30.3 Å². The Kier molecular flexibility index (Phi) is 6.21. The van der Waals surface area contributed by atoms with Crippen LogP contribution in [-0.4, -0.2) is 27.9 Å². The van der Waals surface area contributed by atoms with Crippen molar-refractivity contribution in [3.63, 3.8) is 0 Å². The third-order valence-corrected chi connectivity index (χ3v) is 4.57. The molecule has 33 heavy (non-hydrogen) atoms. The van der Waals surface area contributed by atoms with Crippen LogP contribution in [0.1, 0.15) is 27.6 Å². The first-order valence-corrected chi connectivity index (χ1v) is 9.98. The Balaban J connectivity index is 1.52. The summed E-state index contributed by atoms with van der Waals surface area (Å²) in [4.78, 5) is 37.2. The number of rotatable bonds is 6. The standard InChI is InChI=1S/C24H19N5O4/c1-15(30)25-19-13-7-5-11-17(19)21(31)26-20-14-8-6-12-18(20)22(32)27-24-29-28-23(33-24)16-9-3-2-4-10-16/h2-14H,1H3,(H,25,30)(H,26,31)(H,27,29,32). The maximum atomic E-state index is 12.9. The van der Waals surface area contributed by atoms with Gasteiger partial charge in [0.1, 0.15) is 0 Å². The number of para-hydroxylation sites is 2. The minimum atomic E-state index is -0.538. The van der Waals surface area contributed by atoms with E-state index in [2.05, 4.69) is 26.1 Å². The molecule has 0 radical (unpaired) electrons. The summed E-state index contributed by atoms with van der Waals surface area (Å²) in [5, 5.41) is 15.7. The van der Waals surface area contributed by atoms with Gasteiger partial charge in [0.2, 0.25) is 11.8 Å². The van der Waals surface area contributed by atoms with Gasteiger partial charge in [0.05, 0.1) is 22.5 Å². The molecule has 3 amide bonds. The van der Waals surface area contributed by atoms with Gasteiger partial charge < -0.3 is 15.1 Å². The molecule has 9 heteroatoms. The number of carbonyl (C=O) groups is 3. The van der Waals surface area contributed by atoms with E-state index < -0.39 is 11.8 Å². The van der Waals surface area contributed by atoms with Crippen LogP contribution in [0.4, 0.5) is 17.4 Å². The number of hydrogen-bond donors (Lipinski definition) is 3. The van der Waals surface area contributed by atoms with Crippen LogP contribution in [0.2, 0.25) is 0 Å². The van der Waals surface area contributed by atoms with E-state index >= 15 is 0 Å². The van der Waals surface area contributed by atoms with Crippen molar-refractivity contribution < 1.29 is 18.8 Å². The van der Waals surface area contributed by atoms with Gasteiger partial charge in [-0.3, -0.25) is 19.7 Å². The molecule has 0 aliphatic carbocycles. The minimum absolute atomic E-state index is 0.0732. The summed E-state index contributed by atoms with van der Waals surface area (Å²) >= 11 is 0. The maximum absolute atomic E-state index is 12.9. The number of nitrogens with zero attached hydrogens (tertiary/aromatic N) is 2. The quantitative estimate of drug-likeness (QED) is 0.412.